The van der Waals surface area contributed by atoms with Gasteiger partial charge < -0.3 is 15.5 Å². The Bertz CT molecular complexity index is 76.5. The molecule has 1 aliphatic heterocycles. The van der Waals surface area contributed by atoms with Crippen molar-refractivity contribution in [2.45, 2.75) is 25.2 Å². The van der Waals surface area contributed by atoms with Gasteiger partial charge in [-0.1, -0.05) is 0 Å². The Labute approximate surface area is 48.3 Å². The first-order valence-corrected chi connectivity index (χ1v) is 2.81. The maximum absolute atomic E-state index is 8.95. The van der Waals surface area contributed by atoms with E-state index in [-0.39, 0.29) is 6.04 Å². The van der Waals surface area contributed by atoms with E-state index in [4.69, 9.17) is 10.2 Å². The van der Waals surface area contributed by atoms with Crippen LogP contribution in [0.2, 0.25) is 0 Å². The highest BCUT2D eigenvalue weighted by Crippen LogP contribution is 2.05. The minimum atomic E-state index is -0.574. The summed E-state index contributed by atoms with van der Waals surface area (Å²) in [6.07, 6.45) is -1.14. The second kappa shape index (κ2) is 2.01. The van der Waals surface area contributed by atoms with Gasteiger partial charge in [0.05, 0.1) is 12.2 Å². The molecule has 0 amide bonds. The zero-order valence-corrected chi connectivity index (χ0v) is 4.83. The lowest BCUT2D eigenvalue weighted by Gasteiger charge is -2.08. The number of β-amino-alcohol motifs (C(OH)–C–C–N with tert-alkyl or cyclic N) is 1. The van der Waals surface area contributed by atoms with Crippen molar-refractivity contribution in [2.75, 3.05) is 6.54 Å². The Morgan fingerprint density at radius 3 is 2.25 bits per heavy atom. The van der Waals surface area contributed by atoms with Crippen LogP contribution >= 0.6 is 0 Å². The lowest BCUT2D eigenvalue weighted by atomic mass is 10.2. The van der Waals surface area contributed by atoms with Gasteiger partial charge in [-0.3, -0.25) is 0 Å². The van der Waals surface area contributed by atoms with Crippen LogP contribution in [-0.2, 0) is 0 Å². The molecule has 0 bridgehead atoms. The Morgan fingerprint density at radius 2 is 2.12 bits per heavy atom. The number of rotatable bonds is 0. The fourth-order valence-corrected chi connectivity index (χ4v) is 0.881. The number of hydrogen-bond donors (Lipinski definition) is 3. The minimum absolute atomic E-state index is 0.0463. The maximum atomic E-state index is 8.95. The minimum Gasteiger partial charge on any atom is -0.389 e. The molecule has 0 saturated carbocycles. The zero-order valence-electron chi connectivity index (χ0n) is 4.83. The van der Waals surface area contributed by atoms with Crippen molar-refractivity contribution in [1.29, 1.82) is 0 Å². The monoisotopic (exact) mass is 117 g/mol. The summed E-state index contributed by atoms with van der Waals surface area (Å²) in [7, 11) is 0. The first-order chi connectivity index (χ1) is 3.72. The van der Waals surface area contributed by atoms with Gasteiger partial charge in [-0.05, 0) is 6.92 Å². The topological polar surface area (TPSA) is 52.5 Å². The van der Waals surface area contributed by atoms with Gasteiger partial charge >= 0.3 is 0 Å². The SMILES string of the molecule is C[C@@H]1NC[C@H](O)[C@@H]1O. The van der Waals surface area contributed by atoms with Crippen LogP contribution < -0.4 is 5.32 Å². The summed E-state index contributed by atoms with van der Waals surface area (Å²) < 4.78 is 0. The smallest absolute Gasteiger partial charge is 0.0961 e. The fourth-order valence-electron chi connectivity index (χ4n) is 0.881. The van der Waals surface area contributed by atoms with Gasteiger partial charge in [0.15, 0.2) is 0 Å². The van der Waals surface area contributed by atoms with Crippen LogP contribution in [0.4, 0.5) is 0 Å². The first-order valence-electron chi connectivity index (χ1n) is 2.81. The molecule has 1 rings (SSSR count). The highest BCUT2D eigenvalue weighted by Gasteiger charge is 2.28. The maximum Gasteiger partial charge on any atom is 0.0961 e. The van der Waals surface area contributed by atoms with Crippen LogP contribution in [0.5, 0.6) is 0 Å². The van der Waals surface area contributed by atoms with Gasteiger partial charge in [-0.15, -0.1) is 0 Å². The first kappa shape index (κ1) is 6.01. The average molecular weight is 117 g/mol. The van der Waals surface area contributed by atoms with Gasteiger partial charge in [-0.2, -0.15) is 0 Å². The third-order valence-corrected chi connectivity index (χ3v) is 1.56. The van der Waals surface area contributed by atoms with E-state index in [0.717, 1.165) is 0 Å². The average Bonchev–Trinajstić information content (AvgIpc) is 1.98. The van der Waals surface area contributed by atoms with Crippen molar-refractivity contribution in [3.05, 3.63) is 0 Å². The molecule has 0 spiro atoms. The molecule has 3 heteroatoms. The molecule has 0 aromatic heterocycles. The van der Waals surface area contributed by atoms with Gasteiger partial charge in [0.2, 0.25) is 0 Å². The highest BCUT2D eigenvalue weighted by atomic mass is 16.3. The molecule has 0 aromatic carbocycles. The number of nitrogens with one attached hydrogen (secondary N) is 1. The van der Waals surface area contributed by atoms with E-state index < -0.39 is 12.2 Å². The quantitative estimate of drug-likeness (QED) is 0.369. The van der Waals surface area contributed by atoms with Crippen molar-refractivity contribution in [2.24, 2.45) is 0 Å². The zero-order chi connectivity index (χ0) is 6.15. The molecule has 0 radical (unpaired) electrons. The van der Waals surface area contributed by atoms with Gasteiger partial charge in [-0.25, -0.2) is 0 Å². The van der Waals surface area contributed by atoms with Gasteiger partial charge in [0, 0.05) is 12.6 Å². The van der Waals surface area contributed by atoms with E-state index in [1.54, 1.807) is 0 Å². The van der Waals surface area contributed by atoms with Crippen LogP contribution in [0.1, 0.15) is 6.92 Å². The van der Waals surface area contributed by atoms with Crippen molar-refractivity contribution >= 4 is 0 Å². The summed E-state index contributed by atoms with van der Waals surface area (Å²) in [4.78, 5) is 0. The Hall–Kier alpha value is -0.120. The van der Waals surface area contributed by atoms with Crippen LogP contribution in [-0.4, -0.2) is 35.0 Å². The van der Waals surface area contributed by atoms with Crippen LogP contribution in [0, 0.1) is 0 Å². The molecule has 1 saturated heterocycles. The highest BCUT2D eigenvalue weighted by molar-refractivity contribution is 4.86. The predicted molar refractivity (Wildman–Crippen MR) is 29.5 cm³/mol. The Morgan fingerprint density at radius 1 is 1.50 bits per heavy atom. The molecule has 1 fully saturated rings. The predicted octanol–water partition coefficient (Wildman–Crippen LogP) is -1.30. The molecule has 48 valence electrons. The van der Waals surface area contributed by atoms with Crippen LogP contribution in [0.15, 0.2) is 0 Å². The van der Waals surface area contributed by atoms with Crippen molar-refractivity contribution in [3.63, 3.8) is 0 Å². The fraction of sp³-hybridized carbons (Fsp3) is 1.00. The van der Waals surface area contributed by atoms with E-state index in [9.17, 15) is 0 Å². The van der Waals surface area contributed by atoms with Crippen molar-refractivity contribution < 1.29 is 10.2 Å². The molecule has 1 heterocycles. The summed E-state index contributed by atoms with van der Waals surface area (Å²) in [5.74, 6) is 0. The van der Waals surface area contributed by atoms with E-state index in [1.165, 1.54) is 0 Å². The van der Waals surface area contributed by atoms with Gasteiger partial charge in [0.1, 0.15) is 0 Å². The van der Waals surface area contributed by atoms with Crippen molar-refractivity contribution in [3.8, 4) is 0 Å². The second-order valence-electron chi connectivity index (χ2n) is 2.25. The summed E-state index contributed by atoms with van der Waals surface area (Å²) in [5.41, 5.74) is 0. The molecule has 0 unspecified atom stereocenters. The molecule has 1 aliphatic rings. The summed E-state index contributed by atoms with van der Waals surface area (Å²) in [6.45, 7) is 2.36. The molecule has 8 heavy (non-hydrogen) atoms. The second-order valence-corrected chi connectivity index (χ2v) is 2.25. The third kappa shape index (κ3) is 0.844. The third-order valence-electron chi connectivity index (χ3n) is 1.56. The lowest BCUT2D eigenvalue weighted by molar-refractivity contribution is 0.0436. The van der Waals surface area contributed by atoms with Crippen molar-refractivity contribution in [1.82, 2.24) is 5.32 Å². The number of aliphatic hydroxyl groups excluding tert-OH is 2. The van der Waals surface area contributed by atoms with Crippen LogP contribution in [0.25, 0.3) is 0 Å². The molecule has 3 atom stereocenters. The number of aliphatic hydroxyl groups is 2. The summed E-state index contributed by atoms with van der Waals surface area (Å²) >= 11 is 0. The molecule has 3 nitrogen and oxygen atoms in total. The summed E-state index contributed by atoms with van der Waals surface area (Å²) in [6, 6.07) is 0.0463. The molecular weight excluding hydrogens is 106 g/mol. The normalized spacial score (nSPS) is 47.6. The van der Waals surface area contributed by atoms with Crippen LogP contribution in [0.3, 0.4) is 0 Å². The molecule has 0 aliphatic carbocycles. The molecular formula is C5H11NO2. The largest absolute Gasteiger partial charge is 0.389 e. The number of hydrogen-bond acceptors (Lipinski definition) is 3. The lowest BCUT2D eigenvalue weighted by Crippen LogP contribution is -2.29. The Kier molecular flexibility index (Phi) is 1.51. The van der Waals surface area contributed by atoms with Gasteiger partial charge in [0.25, 0.3) is 0 Å². The summed E-state index contributed by atoms with van der Waals surface area (Å²) in [5, 5.41) is 20.7. The Balaban J connectivity index is 2.44. The van der Waals surface area contributed by atoms with E-state index >= 15 is 0 Å². The molecule has 0 aromatic rings. The van der Waals surface area contributed by atoms with E-state index in [2.05, 4.69) is 5.32 Å². The van der Waals surface area contributed by atoms with E-state index in [0.29, 0.717) is 6.54 Å². The standard InChI is InChI=1S/C5H11NO2/c1-3-5(8)4(7)2-6-3/h3-8H,2H2,1H3/t3-,4-,5+/m0/s1. The van der Waals surface area contributed by atoms with E-state index in [1.807, 2.05) is 6.92 Å². The molecule has 3 N–H and O–H groups in total.